The third kappa shape index (κ3) is 4.37. The molecule has 5 heteroatoms. The van der Waals surface area contributed by atoms with Gasteiger partial charge in [-0.25, -0.2) is 0 Å². The van der Waals surface area contributed by atoms with Gasteiger partial charge in [-0.2, -0.15) is 0 Å². The molecule has 5 nitrogen and oxygen atoms in total. The minimum absolute atomic E-state index is 0.0459. The smallest absolute Gasteiger partial charge is 0.254 e. The number of benzene rings is 1. The molecule has 104 valence electrons. The lowest BCUT2D eigenvalue weighted by atomic mass is 10.0. The SMILES string of the molecule is CCN(CC(N)=O)C(=O)c1ccccc1CCNC. The fourth-order valence-corrected chi connectivity index (χ4v) is 1.89. The first-order valence-corrected chi connectivity index (χ1v) is 6.40. The van der Waals surface area contributed by atoms with Crippen molar-refractivity contribution >= 4 is 11.8 Å². The summed E-state index contributed by atoms with van der Waals surface area (Å²) in [5.41, 5.74) is 6.78. The molecule has 0 aromatic heterocycles. The summed E-state index contributed by atoms with van der Waals surface area (Å²) in [6.07, 6.45) is 0.770. The van der Waals surface area contributed by atoms with E-state index in [0.717, 1.165) is 18.5 Å². The van der Waals surface area contributed by atoms with E-state index in [1.165, 1.54) is 4.90 Å². The first kappa shape index (κ1) is 15.2. The molecule has 0 aliphatic carbocycles. The maximum absolute atomic E-state index is 12.4. The van der Waals surface area contributed by atoms with Crippen LogP contribution in [0.1, 0.15) is 22.8 Å². The summed E-state index contributed by atoms with van der Waals surface area (Å²) in [7, 11) is 1.87. The van der Waals surface area contributed by atoms with Crippen molar-refractivity contribution in [2.45, 2.75) is 13.3 Å². The highest BCUT2D eigenvalue weighted by Crippen LogP contribution is 2.12. The zero-order valence-electron chi connectivity index (χ0n) is 11.5. The van der Waals surface area contributed by atoms with Gasteiger partial charge in [-0.15, -0.1) is 0 Å². The van der Waals surface area contributed by atoms with Crippen LogP contribution in [0.4, 0.5) is 0 Å². The first-order chi connectivity index (χ1) is 9.10. The zero-order valence-corrected chi connectivity index (χ0v) is 11.5. The van der Waals surface area contributed by atoms with Crippen molar-refractivity contribution in [2.75, 3.05) is 26.7 Å². The molecular weight excluding hydrogens is 242 g/mol. The van der Waals surface area contributed by atoms with E-state index in [1.54, 1.807) is 6.07 Å². The molecule has 0 spiro atoms. The number of hydrogen-bond acceptors (Lipinski definition) is 3. The highest BCUT2D eigenvalue weighted by molar-refractivity contribution is 5.97. The number of nitrogens with two attached hydrogens (primary N) is 1. The minimum atomic E-state index is -0.497. The third-order valence-electron chi connectivity index (χ3n) is 2.91. The third-order valence-corrected chi connectivity index (χ3v) is 2.91. The first-order valence-electron chi connectivity index (χ1n) is 6.40. The van der Waals surface area contributed by atoms with Gasteiger partial charge in [0.2, 0.25) is 5.91 Å². The number of nitrogens with zero attached hydrogens (tertiary/aromatic N) is 1. The Morgan fingerprint density at radius 1 is 1.32 bits per heavy atom. The molecule has 0 heterocycles. The average molecular weight is 263 g/mol. The lowest BCUT2D eigenvalue weighted by molar-refractivity contribution is -0.118. The molecule has 0 bridgehead atoms. The molecule has 1 aromatic carbocycles. The molecule has 0 aliphatic heterocycles. The van der Waals surface area contributed by atoms with Crippen LogP contribution in [0.2, 0.25) is 0 Å². The van der Waals surface area contributed by atoms with Crippen LogP contribution in [0, 0.1) is 0 Å². The predicted octanol–water partition coefficient (Wildman–Crippen LogP) is 0.396. The van der Waals surface area contributed by atoms with Gasteiger partial charge < -0.3 is 16.0 Å². The van der Waals surface area contributed by atoms with Crippen LogP contribution in [0.3, 0.4) is 0 Å². The number of likely N-dealkylation sites (N-methyl/N-ethyl adjacent to an activating group) is 2. The van der Waals surface area contributed by atoms with Crippen LogP contribution in [0.25, 0.3) is 0 Å². The molecule has 19 heavy (non-hydrogen) atoms. The van der Waals surface area contributed by atoms with Crippen LogP contribution in [0.15, 0.2) is 24.3 Å². The molecule has 0 unspecified atom stereocenters. The highest BCUT2D eigenvalue weighted by Gasteiger charge is 2.18. The molecule has 0 fully saturated rings. The Labute approximate surface area is 113 Å². The number of hydrogen-bond donors (Lipinski definition) is 2. The van der Waals surface area contributed by atoms with E-state index >= 15 is 0 Å². The van der Waals surface area contributed by atoms with Crippen molar-refractivity contribution in [2.24, 2.45) is 5.73 Å². The summed E-state index contributed by atoms with van der Waals surface area (Å²) < 4.78 is 0. The van der Waals surface area contributed by atoms with Gasteiger partial charge in [-0.1, -0.05) is 18.2 Å². The molecule has 1 aromatic rings. The molecule has 0 aliphatic rings. The van der Waals surface area contributed by atoms with E-state index in [-0.39, 0.29) is 12.5 Å². The summed E-state index contributed by atoms with van der Waals surface area (Å²) in [5, 5.41) is 3.06. The van der Waals surface area contributed by atoms with E-state index in [0.29, 0.717) is 12.1 Å². The van der Waals surface area contributed by atoms with E-state index in [1.807, 2.05) is 32.2 Å². The van der Waals surface area contributed by atoms with Gasteiger partial charge in [-0.05, 0) is 38.6 Å². The Hall–Kier alpha value is -1.88. The summed E-state index contributed by atoms with van der Waals surface area (Å²) in [5.74, 6) is -0.643. The number of primary amides is 1. The standard InChI is InChI=1S/C14H21N3O2/c1-3-17(10-13(15)18)14(19)12-7-5-4-6-11(12)8-9-16-2/h4-7,16H,3,8-10H2,1-2H3,(H2,15,18). The topological polar surface area (TPSA) is 75.4 Å². The predicted molar refractivity (Wildman–Crippen MR) is 74.8 cm³/mol. The quantitative estimate of drug-likeness (QED) is 0.747. The van der Waals surface area contributed by atoms with Gasteiger partial charge in [0.15, 0.2) is 0 Å². The van der Waals surface area contributed by atoms with Gasteiger partial charge in [0.05, 0.1) is 6.54 Å². The van der Waals surface area contributed by atoms with Crippen molar-refractivity contribution < 1.29 is 9.59 Å². The minimum Gasteiger partial charge on any atom is -0.368 e. The van der Waals surface area contributed by atoms with Crippen LogP contribution < -0.4 is 11.1 Å². The molecule has 0 radical (unpaired) electrons. The molecule has 0 atom stereocenters. The lowest BCUT2D eigenvalue weighted by Crippen LogP contribution is -2.38. The second-order valence-electron chi connectivity index (χ2n) is 4.30. The molecule has 0 saturated carbocycles. The number of carbonyl (C=O) groups excluding carboxylic acids is 2. The van der Waals surface area contributed by atoms with Gasteiger partial charge in [0.1, 0.15) is 0 Å². The van der Waals surface area contributed by atoms with Gasteiger partial charge in [0.25, 0.3) is 5.91 Å². The summed E-state index contributed by atoms with van der Waals surface area (Å²) >= 11 is 0. The second-order valence-corrected chi connectivity index (χ2v) is 4.30. The van der Waals surface area contributed by atoms with E-state index in [9.17, 15) is 9.59 Å². The van der Waals surface area contributed by atoms with E-state index < -0.39 is 5.91 Å². The van der Waals surface area contributed by atoms with Crippen molar-refractivity contribution in [1.29, 1.82) is 0 Å². The monoisotopic (exact) mass is 263 g/mol. The van der Waals surface area contributed by atoms with Crippen molar-refractivity contribution in [1.82, 2.24) is 10.2 Å². The number of rotatable bonds is 7. The number of carbonyl (C=O) groups is 2. The van der Waals surface area contributed by atoms with Crippen molar-refractivity contribution in [3.8, 4) is 0 Å². The van der Waals surface area contributed by atoms with E-state index in [2.05, 4.69) is 5.32 Å². The molecule has 0 saturated heterocycles. The normalized spacial score (nSPS) is 10.2. The second kappa shape index (κ2) is 7.53. The Bertz CT molecular complexity index is 446. The summed E-state index contributed by atoms with van der Waals surface area (Å²) in [4.78, 5) is 24.8. The van der Waals surface area contributed by atoms with Gasteiger partial charge in [0, 0.05) is 12.1 Å². The maximum atomic E-state index is 12.4. The van der Waals surface area contributed by atoms with E-state index in [4.69, 9.17) is 5.73 Å². The lowest BCUT2D eigenvalue weighted by Gasteiger charge is -2.20. The Kier molecular flexibility index (Phi) is 6.02. The molecule has 3 N–H and O–H groups in total. The largest absolute Gasteiger partial charge is 0.368 e. The highest BCUT2D eigenvalue weighted by atomic mass is 16.2. The van der Waals surface area contributed by atoms with Crippen molar-refractivity contribution in [3.63, 3.8) is 0 Å². The van der Waals surface area contributed by atoms with Crippen LogP contribution in [-0.4, -0.2) is 43.4 Å². The fraction of sp³-hybridized carbons (Fsp3) is 0.429. The zero-order chi connectivity index (χ0) is 14.3. The average Bonchev–Trinajstić information content (AvgIpc) is 2.41. The van der Waals surface area contributed by atoms with Gasteiger partial charge >= 0.3 is 0 Å². The fourth-order valence-electron chi connectivity index (χ4n) is 1.89. The molecular formula is C14H21N3O2. The molecule has 2 amide bonds. The number of nitrogens with one attached hydrogen (secondary N) is 1. The van der Waals surface area contributed by atoms with Crippen LogP contribution in [-0.2, 0) is 11.2 Å². The van der Waals surface area contributed by atoms with Crippen LogP contribution >= 0.6 is 0 Å². The van der Waals surface area contributed by atoms with Gasteiger partial charge in [-0.3, -0.25) is 9.59 Å². The molecule has 1 rings (SSSR count). The van der Waals surface area contributed by atoms with Crippen molar-refractivity contribution in [3.05, 3.63) is 35.4 Å². The summed E-state index contributed by atoms with van der Waals surface area (Å²) in [6.45, 7) is 3.04. The number of amides is 2. The van der Waals surface area contributed by atoms with Crippen LogP contribution in [0.5, 0.6) is 0 Å². The summed E-state index contributed by atoms with van der Waals surface area (Å²) in [6, 6.07) is 7.46. The maximum Gasteiger partial charge on any atom is 0.254 e. The Morgan fingerprint density at radius 3 is 2.58 bits per heavy atom. The Balaban J connectivity index is 2.93. The Morgan fingerprint density at radius 2 is 2.00 bits per heavy atom.